The van der Waals surface area contributed by atoms with Gasteiger partial charge in [0.25, 0.3) is 10.1 Å². The summed E-state index contributed by atoms with van der Waals surface area (Å²) in [7, 11) is -3.43. The second-order valence-electron chi connectivity index (χ2n) is 2.74. The zero-order valence-corrected chi connectivity index (χ0v) is 9.66. The summed E-state index contributed by atoms with van der Waals surface area (Å²) in [5, 5.41) is 0.897. The Hall–Kier alpha value is -0.290. The normalized spacial score (nSPS) is 11.6. The van der Waals surface area contributed by atoms with Crippen LogP contribution >= 0.6 is 23.2 Å². The minimum Gasteiger partial charge on any atom is -0.265 e. The van der Waals surface area contributed by atoms with Crippen LogP contribution in [0.15, 0.2) is 18.2 Å². The van der Waals surface area contributed by atoms with Gasteiger partial charge in [0.15, 0.2) is 0 Å². The summed E-state index contributed by atoms with van der Waals surface area (Å²) < 4.78 is 26.0. The fraction of sp³-hybridized carbons (Fsp3) is 0.250. The van der Waals surface area contributed by atoms with Gasteiger partial charge in [-0.3, -0.25) is 4.18 Å². The molecule has 0 aliphatic rings. The van der Waals surface area contributed by atoms with Crippen molar-refractivity contribution in [2.75, 3.05) is 6.26 Å². The second-order valence-corrected chi connectivity index (χ2v) is 5.26. The molecule has 0 bridgehead atoms. The van der Waals surface area contributed by atoms with Crippen LogP contribution in [0.5, 0.6) is 0 Å². The van der Waals surface area contributed by atoms with Crippen molar-refractivity contribution in [3.63, 3.8) is 0 Å². The highest BCUT2D eigenvalue weighted by Crippen LogP contribution is 2.19. The average Bonchev–Trinajstić information content (AvgIpc) is 1.97. The van der Waals surface area contributed by atoms with Gasteiger partial charge in [0.1, 0.15) is 0 Å². The smallest absolute Gasteiger partial charge is 0.264 e. The predicted octanol–water partition coefficient (Wildman–Crippen LogP) is 2.47. The van der Waals surface area contributed by atoms with Crippen molar-refractivity contribution < 1.29 is 12.6 Å². The van der Waals surface area contributed by atoms with Gasteiger partial charge in [0.05, 0.1) is 12.9 Å². The first-order chi connectivity index (χ1) is 6.37. The highest BCUT2D eigenvalue weighted by Gasteiger charge is 2.04. The summed E-state index contributed by atoms with van der Waals surface area (Å²) in [6.07, 6.45) is 0.985. The van der Waals surface area contributed by atoms with Crippen LogP contribution < -0.4 is 0 Å². The molecule has 0 amide bonds. The number of benzene rings is 1. The zero-order valence-electron chi connectivity index (χ0n) is 7.33. The molecule has 0 unspecified atom stereocenters. The van der Waals surface area contributed by atoms with Gasteiger partial charge in [0, 0.05) is 10.0 Å². The lowest BCUT2D eigenvalue weighted by Gasteiger charge is -2.02. The van der Waals surface area contributed by atoms with Crippen LogP contribution in [0.25, 0.3) is 0 Å². The lowest BCUT2D eigenvalue weighted by atomic mass is 10.2. The van der Waals surface area contributed by atoms with Gasteiger partial charge < -0.3 is 0 Å². The first kappa shape index (κ1) is 11.8. The van der Waals surface area contributed by atoms with Crippen molar-refractivity contribution in [2.45, 2.75) is 6.61 Å². The molecule has 1 rings (SSSR count). The Labute approximate surface area is 92.7 Å². The maximum atomic E-state index is 10.7. The van der Waals surface area contributed by atoms with Gasteiger partial charge in [-0.1, -0.05) is 23.2 Å². The fourth-order valence-corrected chi connectivity index (χ4v) is 1.79. The van der Waals surface area contributed by atoms with E-state index in [1.165, 1.54) is 0 Å². The zero-order chi connectivity index (χ0) is 10.8. The quantitative estimate of drug-likeness (QED) is 0.779. The van der Waals surface area contributed by atoms with Crippen molar-refractivity contribution in [3.8, 4) is 0 Å². The topological polar surface area (TPSA) is 43.4 Å². The molecule has 0 aromatic heterocycles. The van der Waals surface area contributed by atoms with Crippen molar-refractivity contribution in [3.05, 3.63) is 33.8 Å². The Balaban J connectivity index is 2.78. The van der Waals surface area contributed by atoms with E-state index >= 15 is 0 Å². The van der Waals surface area contributed by atoms with Gasteiger partial charge >= 0.3 is 0 Å². The number of halogens is 2. The monoisotopic (exact) mass is 254 g/mol. The molecular weight excluding hydrogens is 247 g/mol. The van der Waals surface area contributed by atoms with Gasteiger partial charge in [-0.05, 0) is 23.8 Å². The third-order valence-electron chi connectivity index (χ3n) is 1.36. The minimum absolute atomic E-state index is 0.0564. The Morgan fingerprint density at radius 1 is 1.21 bits per heavy atom. The largest absolute Gasteiger partial charge is 0.265 e. The summed E-state index contributed by atoms with van der Waals surface area (Å²) in [6.45, 7) is -0.0564. The van der Waals surface area contributed by atoms with E-state index in [-0.39, 0.29) is 6.61 Å². The van der Waals surface area contributed by atoms with Crippen LogP contribution in [0.3, 0.4) is 0 Å². The molecule has 0 spiro atoms. The summed E-state index contributed by atoms with van der Waals surface area (Å²) in [5.41, 5.74) is 0.618. The number of hydrogen-bond acceptors (Lipinski definition) is 3. The minimum atomic E-state index is -3.43. The molecule has 0 heterocycles. The van der Waals surface area contributed by atoms with E-state index in [1.54, 1.807) is 18.2 Å². The molecule has 0 radical (unpaired) electrons. The highest BCUT2D eigenvalue weighted by molar-refractivity contribution is 7.85. The molecule has 0 fully saturated rings. The molecule has 78 valence electrons. The molecule has 0 atom stereocenters. The molecule has 3 nitrogen and oxygen atoms in total. The SMILES string of the molecule is CS(=O)(=O)OCc1cc(Cl)cc(Cl)c1. The molecule has 0 N–H and O–H groups in total. The van der Waals surface area contributed by atoms with E-state index in [2.05, 4.69) is 4.18 Å². The Kier molecular flexibility index (Phi) is 3.78. The molecule has 1 aromatic rings. The van der Waals surface area contributed by atoms with Gasteiger partial charge in [0.2, 0.25) is 0 Å². The van der Waals surface area contributed by atoms with Crippen LogP contribution in [0.1, 0.15) is 5.56 Å². The third kappa shape index (κ3) is 4.28. The van der Waals surface area contributed by atoms with Crippen molar-refractivity contribution in [1.82, 2.24) is 0 Å². The summed E-state index contributed by atoms with van der Waals surface area (Å²) >= 11 is 11.4. The van der Waals surface area contributed by atoms with E-state index < -0.39 is 10.1 Å². The average molecular weight is 255 g/mol. The third-order valence-corrected chi connectivity index (χ3v) is 2.34. The van der Waals surface area contributed by atoms with Gasteiger partial charge in [-0.25, -0.2) is 0 Å². The second kappa shape index (κ2) is 4.49. The Bertz CT molecular complexity index is 408. The Morgan fingerprint density at radius 2 is 1.71 bits per heavy atom. The van der Waals surface area contributed by atoms with Crippen LogP contribution in [0.4, 0.5) is 0 Å². The molecule has 14 heavy (non-hydrogen) atoms. The maximum Gasteiger partial charge on any atom is 0.264 e. The lowest BCUT2D eigenvalue weighted by molar-refractivity contribution is 0.311. The standard InChI is InChI=1S/C8H8Cl2O3S/c1-14(11,12)13-5-6-2-7(9)4-8(10)3-6/h2-4H,5H2,1H3. The first-order valence-corrected chi connectivity index (χ1v) is 6.23. The van der Waals surface area contributed by atoms with Crippen LogP contribution in [0, 0.1) is 0 Å². The maximum absolute atomic E-state index is 10.7. The lowest BCUT2D eigenvalue weighted by Crippen LogP contribution is -2.02. The predicted molar refractivity (Wildman–Crippen MR) is 56.1 cm³/mol. The van der Waals surface area contributed by atoms with Crippen molar-refractivity contribution in [2.24, 2.45) is 0 Å². The van der Waals surface area contributed by atoms with Gasteiger partial charge in [-0.2, -0.15) is 8.42 Å². The molecule has 0 saturated carbocycles. The molecule has 6 heteroatoms. The molecule has 0 aliphatic carbocycles. The molecule has 0 aliphatic heterocycles. The van der Waals surface area contributed by atoms with E-state index in [0.717, 1.165) is 6.26 Å². The summed E-state index contributed by atoms with van der Waals surface area (Å²) in [6, 6.07) is 4.75. The molecular formula is C8H8Cl2O3S. The Morgan fingerprint density at radius 3 is 2.14 bits per heavy atom. The fourth-order valence-electron chi connectivity index (χ4n) is 0.869. The van der Waals surface area contributed by atoms with E-state index in [0.29, 0.717) is 15.6 Å². The number of hydrogen-bond donors (Lipinski definition) is 0. The molecule has 1 aromatic carbocycles. The van der Waals surface area contributed by atoms with Crippen LogP contribution in [0.2, 0.25) is 10.0 Å². The van der Waals surface area contributed by atoms with Crippen LogP contribution in [-0.2, 0) is 20.9 Å². The van der Waals surface area contributed by atoms with E-state index in [1.807, 2.05) is 0 Å². The van der Waals surface area contributed by atoms with Crippen molar-refractivity contribution >= 4 is 33.3 Å². The summed E-state index contributed by atoms with van der Waals surface area (Å²) in [4.78, 5) is 0. The van der Waals surface area contributed by atoms with Gasteiger partial charge in [-0.15, -0.1) is 0 Å². The first-order valence-electron chi connectivity index (χ1n) is 3.66. The van der Waals surface area contributed by atoms with Crippen LogP contribution in [-0.4, -0.2) is 14.7 Å². The van der Waals surface area contributed by atoms with Crippen molar-refractivity contribution in [1.29, 1.82) is 0 Å². The highest BCUT2D eigenvalue weighted by atomic mass is 35.5. The van der Waals surface area contributed by atoms with E-state index in [4.69, 9.17) is 23.2 Å². The summed E-state index contributed by atoms with van der Waals surface area (Å²) in [5.74, 6) is 0. The van der Waals surface area contributed by atoms with E-state index in [9.17, 15) is 8.42 Å². The molecule has 0 saturated heterocycles. The number of rotatable bonds is 3.